The van der Waals surface area contributed by atoms with Crippen LogP contribution in [0, 0.1) is 5.41 Å². The molecule has 3 saturated carbocycles. The lowest BCUT2D eigenvalue weighted by atomic mass is 9.41. The van der Waals surface area contributed by atoms with Gasteiger partial charge in [0.2, 0.25) is 5.91 Å². The summed E-state index contributed by atoms with van der Waals surface area (Å²) in [6.07, 6.45) is 5.57. The highest BCUT2D eigenvalue weighted by molar-refractivity contribution is 5.77. The number of nitrogens with zero attached hydrogens (tertiary/aromatic N) is 3. The molecule has 5 rings (SSSR count). The summed E-state index contributed by atoms with van der Waals surface area (Å²) in [5, 5.41) is 7.13. The van der Waals surface area contributed by atoms with Crippen LogP contribution in [0.2, 0.25) is 0 Å². The smallest absolute Gasteiger partial charge is 0.220 e. The third-order valence-electron chi connectivity index (χ3n) is 4.74. The van der Waals surface area contributed by atoms with E-state index in [0.717, 1.165) is 11.3 Å². The minimum absolute atomic E-state index is 0.0207. The molecule has 0 spiro atoms. The van der Waals surface area contributed by atoms with Crippen molar-refractivity contribution in [1.29, 1.82) is 0 Å². The number of nitrogens with one attached hydrogen (secondary N) is 1. The van der Waals surface area contributed by atoms with Crippen LogP contribution in [0.1, 0.15) is 36.9 Å². The maximum atomic E-state index is 13.4. The number of fused-ring (bicyclic) bond motifs is 1. The number of nitrogens with two attached hydrogens (primary N) is 1. The number of imidazole rings is 1. The van der Waals surface area contributed by atoms with Crippen LogP contribution < -0.4 is 11.1 Å². The monoisotopic (exact) mass is 303 g/mol. The Morgan fingerprint density at radius 3 is 2.91 bits per heavy atom. The number of alkyl halides is 1. The van der Waals surface area contributed by atoms with E-state index in [1.807, 2.05) is 6.07 Å². The summed E-state index contributed by atoms with van der Waals surface area (Å²) in [7, 11) is 0. The van der Waals surface area contributed by atoms with E-state index in [0.29, 0.717) is 44.4 Å². The van der Waals surface area contributed by atoms with Crippen LogP contribution >= 0.6 is 0 Å². The average Bonchev–Trinajstić information content (AvgIpc) is 2.84. The molecule has 0 saturated heterocycles. The zero-order valence-corrected chi connectivity index (χ0v) is 12.2. The summed E-state index contributed by atoms with van der Waals surface area (Å²) in [5.41, 5.74) is 6.92. The molecule has 1 amide bonds. The fraction of sp³-hybridized carbons (Fsp3) is 0.533. The predicted octanol–water partition coefficient (Wildman–Crippen LogP) is 1.09. The van der Waals surface area contributed by atoms with Gasteiger partial charge in [-0.1, -0.05) is 0 Å². The van der Waals surface area contributed by atoms with Crippen LogP contribution in [0.5, 0.6) is 0 Å². The van der Waals surface area contributed by atoms with Gasteiger partial charge in [0.25, 0.3) is 0 Å². The summed E-state index contributed by atoms with van der Waals surface area (Å²) >= 11 is 0. The lowest BCUT2D eigenvalue weighted by molar-refractivity contribution is -0.215. The first kappa shape index (κ1) is 13.6. The molecular weight excluding hydrogens is 285 g/mol. The molecule has 3 aliphatic carbocycles. The Kier molecular flexibility index (Phi) is 2.78. The Hall–Kier alpha value is -2.02. The number of carbonyl (C=O) groups is 1. The lowest BCUT2D eigenvalue weighted by Crippen LogP contribution is -2.65. The topological polar surface area (TPSA) is 85.3 Å². The Balaban J connectivity index is 1.36. The van der Waals surface area contributed by atoms with Gasteiger partial charge in [-0.25, -0.2) is 13.9 Å². The van der Waals surface area contributed by atoms with Crippen molar-refractivity contribution in [1.82, 2.24) is 19.9 Å². The van der Waals surface area contributed by atoms with E-state index >= 15 is 0 Å². The Morgan fingerprint density at radius 2 is 2.23 bits per heavy atom. The van der Waals surface area contributed by atoms with Gasteiger partial charge >= 0.3 is 0 Å². The van der Waals surface area contributed by atoms with E-state index in [2.05, 4.69) is 15.4 Å². The molecule has 6 nitrogen and oxygen atoms in total. The maximum Gasteiger partial charge on any atom is 0.220 e. The molecule has 0 unspecified atom stereocenters. The Bertz CT molecular complexity index is 736. The molecule has 0 aliphatic heterocycles. The largest absolute Gasteiger partial charge is 0.352 e. The number of hydrogen-bond donors (Lipinski definition) is 2. The highest BCUT2D eigenvalue weighted by Crippen LogP contribution is 2.71. The number of amides is 1. The number of rotatable bonds is 5. The molecule has 3 fully saturated rings. The van der Waals surface area contributed by atoms with Crippen LogP contribution in [0.15, 0.2) is 18.5 Å². The molecule has 3 aliphatic rings. The van der Waals surface area contributed by atoms with Gasteiger partial charge in [-0.05, 0) is 36.3 Å². The first-order valence-corrected chi connectivity index (χ1v) is 7.48. The summed E-state index contributed by atoms with van der Waals surface area (Å²) < 4.78 is 15.1. The summed E-state index contributed by atoms with van der Waals surface area (Å²) in [6.45, 7) is 0.775. The standard InChI is InChI=1S/C15H18FN5O/c16-15-7-14(8-15,9-15)2-13(22)18-4-10-1-12-20-11(3-17)6-21(12)19-5-10/h1,5-6H,2-4,7-9,17H2,(H,18,22). The molecule has 0 atom stereocenters. The van der Waals surface area contributed by atoms with Gasteiger partial charge in [0.15, 0.2) is 5.65 Å². The zero-order chi connectivity index (χ0) is 15.4. The predicted molar refractivity (Wildman–Crippen MR) is 77.5 cm³/mol. The minimum atomic E-state index is -0.948. The quantitative estimate of drug-likeness (QED) is 0.865. The third-order valence-corrected chi connectivity index (χ3v) is 4.74. The van der Waals surface area contributed by atoms with Crippen molar-refractivity contribution >= 4 is 11.6 Å². The van der Waals surface area contributed by atoms with Gasteiger partial charge in [0.1, 0.15) is 5.67 Å². The Labute approximate surface area is 126 Å². The number of aromatic nitrogens is 3. The van der Waals surface area contributed by atoms with Crippen LogP contribution in [0.4, 0.5) is 4.39 Å². The second kappa shape index (κ2) is 4.49. The molecule has 2 bridgehead atoms. The second-order valence-electron chi connectivity index (χ2n) is 6.74. The van der Waals surface area contributed by atoms with Crippen molar-refractivity contribution in [2.45, 2.75) is 44.4 Å². The van der Waals surface area contributed by atoms with Gasteiger partial charge < -0.3 is 11.1 Å². The molecule has 22 heavy (non-hydrogen) atoms. The van der Waals surface area contributed by atoms with Gasteiger partial charge in [-0.15, -0.1) is 0 Å². The lowest BCUT2D eigenvalue weighted by Gasteiger charge is -2.65. The van der Waals surface area contributed by atoms with Crippen LogP contribution in [0.3, 0.4) is 0 Å². The summed E-state index contributed by atoms with van der Waals surface area (Å²) in [5.74, 6) is -0.0207. The summed E-state index contributed by atoms with van der Waals surface area (Å²) in [6, 6.07) is 1.88. The molecule has 3 N–H and O–H groups in total. The number of hydrogen-bond acceptors (Lipinski definition) is 4. The SMILES string of the molecule is NCc1cn2ncc(CNC(=O)CC34CC(F)(C3)C4)cc2n1. The van der Waals surface area contributed by atoms with Crippen molar-refractivity contribution in [3.63, 3.8) is 0 Å². The van der Waals surface area contributed by atoms with E-state index < -0.39 is 5.67 Å². The van der Waals surface area contributed by atoms with Gasteiger partial charge in [0, 0.05) is 19.5 Å². The maximum absolute atomic E-state index is 13.4. The van der Waals surface area contributed by atoms with E-state index in [4.69, 9.17) is 5.73 Å². The third kappa shape index (κ3) is 2.16. The highest BCUT2D eigenvalue weighted by atomic mass is 19.1. The summed E-state index contributed by atoms with van der Waals surface area (Å²) in [4.78, 5) is 16.3. The van der Waals surface area contributed by atoms with Crippen LogP contribution in [-0.2, 0) is 17.9 Å². The molecule has 2 aromatic heterocycles. The van der Waals surface area contributed by atoms with Gasteiger partial charge in [0.05, 0.1) is 18.1 Å². The molecule has 2 heterocycles. The molecular formula is C15H18FN5O. The minimum Gasteiger partial charge on any atom is -0.352 e. The highest BCUT2D eigenvalue weighted by Gasteiger charge is 2.69. The fourth-order valence-electron chi connectivity index (χ4n) is 3.81. The molecule has 7 heteroatoms. The second-order valence-corrected chi connectivity index (χ2v) is 6.74. The van der Waals surface area contributed by atoms with E-state index in [9.17, 15) is 9.18 Å². The molecule has 2 aromatic rings. The van der Waals surface area contributed by atoms with E-state index in [1.54, 1.807) is 16.9 Å². The first-order valence-electron chi connectivity index (χ1n) is 7.48. The van der Waals surface area contributed by atoms with Crippen molar-refractivity contribution in [3.05, 3.63) is 29.7 Å². The van der Waals surface area contributed by atoms with Crippen molar-refractivity contribution in [3.8, 4) is 0 Å². The number of halogens is 1. The van der Waals surface area contributed by atoms with Crippen molar-refractivity contribution < 1.29 is 9.18 Å². The molecule has 0 aromatic carbocycles. The zero-order valence-electron chi connectivity index (χ0n) is 12.2. The first-order chi connectivity index (χ1) is 10.5. The van der Waals surface area contributed by atoms with Gasteiger partial charge in [-0.2, -0.15) is 5.10 Å². The molecule has 0 radical (unpaired) electrons. The number of carbonyl (C=O) groups excluding carboxylic acids is 1. The normalized spacial score (nSPS) is 29.0. The van der Waals surface area contributed by atoms with Crippen LogP contribution in [-0.4, -0.2) is 26.2 Å². The van der Waals surface area contributed by atoms with Crippen molar-refractivity contribution in [2.75, 3.05) is 0 Å². The van der Waals surface area contributed by atoms with E-state index in [1.165, 1.54) is 0 Å². The fourth-order valence-corrected chi connectivity index (χ4v) is 3.81. The van der Waals surface area contributed by atoms with Gasteiger partial charge in [-0.3, -0.25) is 4.79 Å². The van der Waals surface area contributed by atoms with Crippen molar-refractivity contribution in [2.24, 2.45) is 11.1 Å². The average molecular weight is 303 g/mol. The molecule has 116 valence electrons. The Morgan fingerprint density at radius 1 is 1.45 bits per heavy atom. The van der Waals surface area contributed by atoms with Crippen LogP contribution in [0.25, 0.3) is 5.65 Å². The van der Waals surface area contributed by atoms with E-state index in [-0.39, 0.29) is 11.3 Å².